The molecule has 1 nitrogen and oxygen atoms in total. The number of allylic oxidation sites excluding steroid dienone is 2. The third-order valence-corrected chi connectivity index (χ3v) is 1.62. The third-order valence-electron chi connectivity index (χ3n) is 1.62. The van der Waals surface area contributed by atoms with Gasteiger partial charge in [0.2, 0.25) is 0 Å². The van der Waals surface area contributed by atoms with Gasteiger partial charge in [-0.15, -0.1) is 0 Å². The largest absolute Gasteiger partial charge is 0.402 e. The molecule has 0 spiro atoms. The van der Waals surface area contributed by atoms with Crippen molar-refractivity contribution < 1.29 is 0 Å². The van der Waals surface area contributed by atoms with Crippen molar-refractivity contribution in [2.24, 2.45) is 11.7 Å². The van der Waals surface area contributed by atoms with Gasteiger partial charge in [0, 0.05) is 5.70 Å². The fourth-order valence-corrected chi connectivity index (χ4v) is 0.859. The highest BCUT2D eigenvalue weighted by molar-refractivity contribution is 4.92. The van der Waals surface area contributed by atoms with E-state index in [0.717, 1.165) is 18.0 Å². The molecule has 0 aromatic carbocycles. The van der Waals surface area contributed by atoms with E-state index in [1.165, 1.54) is 12.8 Å². The summed E-state index contributed by atoms with van der Waals surface area (Å²) in [5.41, 5.74) is 6.65. The summed E-state index contributed by atoms with van der Waals surface area (Å²) in [6.07, 6.45) is 5.57. The van der Waals surface area contributed by atoms with Crippen LogP contribution >= 0.6 is 0 Å². The van der Waals surface area contributed by atoms with Gasteiger partial charge in [-0.1, -0.05) is 26.3 Å². The lowest BCUT2D eigenvalue weighted by Crippen LogP contribution is -1.97. The van der Waals surface area contributed by atoms with Crippen LogP contribution in [0.3, 0.4) is 0 Å². The smallest absolute Gasteiger partial charge is 0.00371 e. The average Bonchev–Trinajstić information content (AvgIpc) is 1.87. The first kappa shape index (κ1) is 9.54. The zero-order valence-electron chi connectivity index (χ0n) is 7.35. The first-order valence-corrected chi connectivity index (χ1v) is 4.07. The van der Waals surface area contributed by atoms with Crippen molar-refractivity contribution in [2.75, 3.05) is 0 Å². The summed E-state index contributed by atoms with van der Waals surface area (Å²) in [5, 5.41) is 0. The van der Waals surface area contributed by atoms with Gasteiger partial charge in [-0.25, -0.2) is 0 Å². The molecule has 0 radical (unpaired) electrons. The summed E-state index contributed by atoms with van der Waals surface area (Å²) in [4.78, 5) is 0. The van der Waals surface area contributed by atoms with Gasteiger partial charge in [-0.05, 0) is 25.7 Å². The van der Waals surface area contributed by atoms with E-state index in [2.05, 4.69) is 13.8 Å². The van der Waals surface area contributed by atoms with E-state index in [4.69, 9.17) is 5.73 Å². The molecule has 0 bridgehead atoms. The second kappa shape index (κ2) is 5.33. The quantitative estimate of drug-likeness (QED) is 0.640. The summed E-state index contributed by atoms with van der Waals surface area (Å²) in [6, 6.07) is 0. The summed E-state index contributed by atoms with van der Waals surface area (Å²) >= 11 is 0. The van der Waals surface area contributed by atoms with Crippen LogP contribution in [0.5, 0.6) is 0 Å². The molecule has 0 saturated carbocycles. The minimum Gasteiger partial charge on any atom is -0.402 e. The summed E-state index contributed by atoms with van der Waals surface area (Å²) in [6.45, 7) is 6.47. The highest BCUT2D eigenvalue weighted by Gasteiger charge is 1.93. The van der Waals surface area contributed by atoms with Crippen LogP contribution in [0.15, 0.2) is 11.8 Å². The van der Waals surface area contributed by atoms with Gasteiger partial charge in [-0.3, -0.25) is 0 Å². The van der Waals surface area contributed by atoms with Gasteiger partial charge < -0.3 is 5.73 Å². The van der Waals surface area contributed by atoms with Crippen LogP contribution in [0.4, 0.5) is 0 Å². The van der Waals surface area contributed by atoms with E-state index in [0.29, 0.717) is 0 Å². The van der Waals surface area contributed by atoms with Gasteiger partial charge in [-0.2, -0.15) is 0 Å². The van der Waals surface area contributed by atoms with Crippen LogP contribution in [0, 0.1) is 5.92 Å². The van der Waals surface area contributed by atoms with Crippen molar-refractivity contribution in [2.45, 2.75) is 40.0 Å². The van der Waals surface area contributed by atoms with Gasteiger partial charge in [0.25, 0.3) is 0 Å². The molecule has 0 aliphatic carbocycles. The molecule has 60 valence electrons. The summed E-state index contributed by atoms with van der Waals surface area (Å²) in [5.74, 6) is 0.810. The maximum Gasteiger partial charge on any atom is 0.00371 e. The standard InChI is InChI=1S/C9H19N/c1-4-9(10)7-5-6-8(2)3/h4,8H,5-7,10H2,1-3H3/b9-4+. The Hall–Kier alpha value is -0.460. The Kier molecular flexibility index (Phi) is 5.09. The SMILES string of the molecule is C/C=C(/N)CCCC(C)C. The predicted molar refractivity (Wildman–Crippen MR) is 46.6 cm³/mol. The Morgan fingerprint density at radius 2 is 2.10 bits per heavy atom. The monoisotopic (exact) mass is 141 g/mol. The Labute approximate surface area is 64.3 Å². The number of rotatable bonds is 4. The van der Waals surface area contributed by atoms with E-state index in [1.807, 2.05) is 13.0 Å². The molecule has 2 N–H and O–H groups in total. The fraction of sp³-hybridized carbons (Fsp3) is 0.778. The normalized spacial score (nSPS) is 12.6. The Balaban J connectivity index is 3.20. The summed E-state index contributed by atoms with van der Waals surface area (Å²) < 4.78 is 0. The zero-order chi connectivity index (χ0) is 7.98. The number of nitrogens with two attached hydrogens (primary N) is 1. The van der Waals surface area contributed by atoms with Crippen molar-refractivity contribution in [1.29, 1.82) is 0 Å². The van der Waals surface area contributed by atoms with E-state index >= 15 is 0 Å². The van der Waals surface area contributed by atoms with E-state index in [-0.39, 0.29) is 0 Å². The van der Waals surface area contributed by atoms with E-state index in [9.17, 15) is 0 Å². The van der Waals surface area contributed by atoms with Crippen LogP contribution in [0.1, 0.15) is 40.0 Å². The highest BCUT2D eigenvalue weighted by atomic mass is 14.6. The molecule has 0 rings (SSSR count). The van der Waals surface area contributed by atoms with Gasteiger partial charge >= 0.3 is 0 Å². The molecule has 0 unspecified atom stereocenters. The molecular formula is C9H19N. The molecule has 0 aromatic rings. The molecule has 0 aliphatic heterocycles. The first-order valence-electron chi connectivity index (χ1n) is 4.07. The predicted octanol–water partition coefficient (Wildman–Crippen LogP) is 2.68. The maximum absolute atomic E-state index is 5.62. The maximum atomic E-state index is 5.62. The van der Waals surface area contributed by atoms with E-state index in [1.54, 1.807) is 0 Å². The minimum absolute atomic E-state index is 0.810. The molecule has 0 amide bonds. The van der Waals surface area contributed by atoms with Crippen molar-refractivity contribution in [3.63, 3.8) is 0 Å². The Morgan fingerprint density at radius 1 is 1.50 bits per heavy atom. The molecule has 1 heteroatoms. The molecule has 0 heterocycles. The van der Waals surface area contributed by atoms with Crippen molar-refractivity contribution in [3.8, 4) is 0 Å². The minimum atomic E-state index is 0.810. The van der Waals surface area contributed by atoms with Gasteiger partial charge in [0.1, 0.15) is 0 Å². The lowest BCUT2D eigenvalue weighted by atomic mass is 10.1. The first-order chi connectivity index (χ1) is 4.66. The lowest BCUT2D eigenvalue weighted by molar-refractivity contribution is 0.553. The Bertz CT molecular complexity index is 103. The molecule has 10 heavy (non-hydrogen) atoms. The molecule has 0 aromatic heterocycles. The van der Waals surface area contributed by atoms with E-state index < -0.39 is 0 Å². The van der Waals surface area contributed by atoms with Crippen molar-refractivity contribution >= 4 is 0 Å². The second-order valence-electron chi connectivity index (χ2n) is 3.15. The number of hydrogen-bond acceptors (Lipinski definition) is 1. The Morgan fingerprint density at radius 3 is 2.50 bits per heavy atom. The summed E-state index contributed by atoms with van der Waals surface area (Å²) in [7, 11) is 0. The highest BCUT2D eigenvalue weighted by Crippen LogP contribution is 2.08. The van der Waals surface area contributed by atoms with Gasteiger partial charge in [0.15, 0.2) is 0 Å². The van der Waals surface area contributed by atoms with Crippen LogP contribution in [-0.2, 0) is 0 Å². The van der Waals surface area contributed by atoms with Crippen LogP contribution in [0.2, 0.25) is 0 Å². The zero-order valence-corrected chi connectivity index (χ0v) is 7.35. The van der Waals surface area contributed by atoms with Crippen LogP contribution in [-0.4, -0.2) is 0 Å². The molecule has 0 fully saturated rings. The second-order valence-corrected chi connectivity index (χ2v) is 3.15. The topological polar surface area (TPSA) is 26.0 Å². The lowest BCUT2D eigenvalue weighted by Gasteiger charge is -2.03. The average molecular weight is 141 g/mol. The van der Waals surface area contributed by atoms with Crippen molar-refractivity contribution in [1.82, 2.24) is 0 Å². The fourth-order valence-electron chi connectivity index (χ4n) is 0.859. The molecule has 0 atom stereocenters. The molecular weight excluding hydrogens is 122 g/mol. The molecule has 0 saturated heterocycles. The van der Waals surface area contributed by atoms with Crippen LogP contribution < -0.4 is 5.73 Å². The molecule has 0 aliphatic rings. The third kappa shape index (κ3) is 5.67. The van der Waals surface area contributed by atoms with Crippen molar-refractivity contribution in [3.05, 3.63) is 11.8 Å². The number of hydrogen-bond donors (Lipinski definition) is 1. The van der Waals surface area contributed by atoms with Crippen LogP contribution in [0.25, 0.3) is 0 Å². The van der Waals surface area contributed by atoms with Gasteiger partial charge in [0.05, 0.1) is 0 Å².